The molecule has 0 aliphatic heterocycles. The minimum Gasteiger partial charge on any atom is -0.361 e. The van der Waals surface area contributed by atoms with Crippen LogP contribution in [0.3, 0.4) is 0 Å². The van der Waals surface area contributed by atoms with Gasteiger partial charge in [-0.25, -0.2) is 4.98 Å². The molecule has 1 N–H and O–H groups in total. The SMILES string of the molecule is Clc1cc(Cl)c2nc(NCCc3ccccc3)sc2c1. The van der Waals surface area contributed by atoms with Crippen LogP contribution in [0.15, 0.2) is 42.5 Å². The van der Waals surface area contributed by atoms with Gasteiger partial charge in [0, 0.05) is 11.6 Å². The molecule has 2 aromatic carbocycles. The van der Waals surface area contributed by atoms with Crippen LogP contribution in [-0.2, 0) is 6.42 Å². The van der Waals surface area contributed by atoms with Gasteiger partial charge in [0.15, 0.2) is 5.13 Å². The van der Waals surface area contributed by atoms with E-state index in [0.29, 0.717) is 10.0 Å². The number of rotatable bonds is 4. The van der Waals surface area contributed by atoms with E-state index < -0.39 is 0 Å². The fourth-order valence-electron chi connectivity index (χ4n) is 1.99. The van der Waals surface area contributed by atoms with Crippen molar-refractivity contribution in [3.63, 3.8) is 0 Å². The smallest absolute Gasteiger partial charge is 0.183 e. The molecular weight excluding hydrogens is 311 g/mol. The van der Waals surface area contributed by atoms with Crippen LogP contribution in [0.25, 0.3) is 10.2 Å². The lowest BCUT2D eigenvalue weighted by atomic mass is 10.2. The third kappa shape index (κ3) is 3.06. The minimum absolute atomic E-state index is 0.597. The average molecular weight is 323 g/mol. The normalized spacial score (nSPS) is 10.9. The number of benzene rings is 2. The van der Waals surface area contributed by atoms with Gasteiger partial charge in [-0.2, -0.15) is 0 Å². The highest BCUT2D eigenvalue weighted by Crippen LogP contribution is 2.33. The van der Waals surface area contributed by atoms with E-state index in [1.807, 2.05) is 12.1 Å². The van der Waals surface area contributed by atoms with E-state index in [9.17, 15) is 0 Å². The van der Waals surface area contributed by atoms with Gasteiger partial charge < -0.3 is 5.32 Å². The zero-order valence-corrected chi connectivity index (χ0v) is 12.9. The van der Waals surface area contributed by atoms with Gasteiger partial charge in [0.25, 0.3) is 0 Å². The van der Waals surface area contributed by atoms with Crippen molar-refractivity contribution in [1.82, 2.24) is 4.98 Å². The second kappa shape index (κ2) is 6.00. The van der Waals surface area contributed by atoms with Crippen LogP contribution < -0.4 is 5.32 Å². The Balaban J connectivity index is 1.70. The predicted molar refractivity (Wildman–Crippen MR) is 88.3 cm³/mol. The van der Waals surface area contributed by atoms with Crippen LogP contribution in [-0.4, -0.2) is 11.5 Å². The Labute approximate surface area is 131 Å². The molecule has 0 atom stereocenters. The summed E-state index contributed by atoms with van der Waals surface area (Å²) in [6.07, 6.45) is 0.964. The van der Waals surface area contributed by atoms with Crippen molar-refractivity contribution in [2.45, 2.75) is 6.42 Å². The maximum Gasteiger partial charge on any atom is 0.183 e. The Morgan fingerprint density at radius 1 is 1.10 bits per heavy atom. The van der Waals surface area contributed by atoms with Crippen LogP contribution in [0.2, 0.25) is 10.0 Å². The second-order valence-corrected chi connectivity index (χ2v) is 6.29. The quantitative estimate of drug-likeness (QED) is 0.708. The van der Waals surface area contributed by atoms with Crippen LogP contribution in [0.4, 0.5) is 5.13 Å². The molecule has 1 aromatic heterocycles. The zero-order chi connectivity index (χ0) is 13.9. The highest BCUT2D eigenvalue weighted by Gasteiger charge is 2.08. The molecule has 3 rings (SSSR count). The lowest BCUT2D eigenvalue weighted by Gasteiger charge is -2.02. The predicted octanol–water partition coefficient (Wildman–Crippen LogP) is 5.26. The molecule has 20 heavy (non-hydrogen) atoms. The zero-order valence-electron chi connectivity index (χ0n) is 10.6. The maximum atomic E-state index is 6.14. The molecule has 3 aromatic rings. The van der Waals surface area contributed by atoms with Crippen molar-refractivity contribution in [2.24, 2.45) is 0 Å². The first kappa shape index (κ1) is 13.7. The van der Waals surface area contributed by atoms with Crippen LogP contribution in [0.5, 0.6) is 0 Å². The highest BCUT2D eigenvalue weighted by atomic mass is 35.5. The molecule has 0 spiro atoms. The Morgan fingerprint density at radius 3 is 2.70 bits per heavy atom. The van der Waals surface area contributed by atoms with E-state index in [0.717, 1.165) is 28.3 Å². The van der Waals surface area contributed by atoms with Crippen molar-refractivity contribution < 1.29 is 0 Å². The van der Waals surface area contributed by atoms with Gasteiger partial charge in [-0.15, -0.1) is 0 Å². The molecule has 0 saturated heterocycles. The van der Waals surface area contributed by atoms with E-state index in [4.69, 9.17) is 23.2 Å². The molecule has 0 amide bonds. The summed E-state index contributed by atoms with van der Waals surface area (Å²) < 4.78 is 1.00. The lowest BCUT2D eigenvalue weighted by Crippen LogP contribution is -2.04. The summed E-state index contributed by atoms with van der Waals surface area (Å²) in [5.41, 5.74) is 2.12. The molecule has 102 valence electrons. The van der Waals surface area contributed by atoms with Crippen LogP contribution >= 0.6 is 34.5 Å². The number of nitrogens with one attached hydrogen (secondary N) is 1. The number of aromatic nitrogens is 1. The first-order valence-electron chi connectivity index (χ1n) is 6.26. The molecule has 0 bridgehead atoms. The first-order valence-corrected chi connectivity index (χ1v) is 7.83. The molecule has 0 saturated carbocycles. The second-order valence-electron chi connectivity index (χ2n) is 4.42. The molecular formula is C15H12Cl2N2S. The largest absolute Gasteiger partial charge is 0.361 e. The number of halogens is 2. The van der Waals surface area contributed by atoms with E-state index in [-0.39, 0.29) is 0 Å². The molecule has 2 nitrogen and oxygen atoms in total. The number of hydrogen-bond donors (Lipinski definition) is 1. The number of hydrogen-bond acceptors (Lipinski definition) is 3. The Morgan fingerprint density at radius 2 is 1.90 bits per heavy atom. The molecule has 1 heterocycles. The molecule has 0 radical (unpaired) electrons. The minimum atomic E-state index is 0.597. The van der Waals surface area contributed by atoms with Crippen molar-refractivity contribution in [3.8, 4) is 0 Å². The molecule has 0 aliphatic carbocycles. The summed E-state index contributed by atoms with van der Waals surface area (Å²) in [5, 5.41) is 5.45. The summed E-state index contributed by atoms with van der Waals surface area (Å²) in [5.74, 6) is 0. The van der Waals surface area contributed by atoms with Gasteiger partial charge in [-0.3, -0.25) is 0 Å². The summed E-state index contributed by atoms with van der Waals surface area (Å²) in [7, 11) is 0. The lowest BCUT2D eigenvalue weighted by molar-refractivity contribution is 1.02. The fourth-order valence-corrected chi connectivity index (χ4v) is 3.61. The maximum absolute atomic E-state index is 6.14. The molecule has 5 heteroatoms. The molecule has 0 aliphatic rings. The van der Waals surface area contributed by atoms with Crippen LogP contribution in [0, 0.1) is 0 Å². The summed E-state index contributed by atoms with van der Waals surface area (Å²) in [6.45, 7) is 0.842. The number of thiazole rings is 1. The fraction of sp³-hybridized carbons (Fsp3) is 0.133. The third-order valence-corrected chi connectivity index (χ3v) is 4.41. The standard InChI is InChI=1S/C15H12Cl2N2S/c16-11-8-12(17)14-13(9-11)20-15(19-14)18-7-6-10-4-2-1-3-5-10/h1-5,8-9H,6-7H2,(H,18,19). The monoisotopic (exact) mass is 322 g/mol. The van der Waals surface area contributed by atoms with E-state index in [1.165, 1.54) is 5.56 Å². The molecule has 0 fully saturated rings. The topological polar surface area (TPSA) is 24.9 Å². The van der Waals surface area contributed by atoms with Gasteiger partial charge in [0.05, 0.1) is 9.72 Å². The van der Waals surface area contributed by atoms with Crippen molar-refractivity contribution in [3.05, 3.63) is 58.1 Å². The highest BCUT2D eigenvalue weighted by molar-refractivity contribution is 7.22. The summed E-state index contributed by atoms with van der Waals surface area (Å²) in [6, 6.07) is 14.0. The Hall–Kier alpha value is -1.29. The van der Waals surface area contributed by atoms with Crippen LogP contribution in [0.1, 0.15) is 5.56 Å². The summed E-state index contributed by atoms with van der Waals surface area (Å²) in [4.78, 5) is 4.50. The van der Waals surface area contributed by atoms with E-state index >= 15 is 0 Å². The van der Waals surface area contributed by atoms with Crippen molar-refractivity contribution >= 4 is 49.9 Å². The summed E-state index contributed by atoms with van der Waals surface area (Å²) >= 11 is 13.7. The number of anilines is 1. The van der Waals surface area contributed by atoms with Gasteiger partial charge in [0.2, 0.25) is 0 Å². The Bertz CT molecular complexity index is 725. The van der Waals surface area contributed by atoms with E-state index in [2.05, 4.69) is 34.6 Å². The number of nitrogens with zero attached hydrogens (tertiary/aromatic N) is 1. The Kier molecular flexibility index (Phi) is 4.10. The average Bonchev–Trinajstić information content (AvgIpc) is 2.83. The van der Waals surface area contributed by atoms with Crippen molar-refractivity contribution in [1.29, 1.82) is 0 Å². The first-order chi connectivity index (χ1) is 9.72. The van der Waals surface area contributed by atoms with Gasteiger partial charge in [-0.05, 0) is 24.1 Å². The third-order valence-electron chi connectivity index (χ3n) is 2.95. The van der Waals surface area contributed by atoms with Gasteiger partial charge >= 0.3 is 0 Å². The van der Waals surface area contributed by atoms with Gasteiger partial charge in [-0.1, -0.05) is 64.9 Å². The van der Waals surface area contributed by atoms with Gasteiger partial charge in [0.1, 0.15) is 5.52 Å². The number of fused-ring (bicyclic) bond motifs is 1. The molecule has 0 unspecified atom stereocenters. The van der Waals surface area contributed by atoms with E-state index in [1.54, 1.807) is 17.4 Å². The van der Waals surface area contributed by atoms with Crippen molar-refractivity contribution in [2.75, 3.05) is 11.9 Å².